The summed E-state index contributed by atoms with van der Waals surface area (Å²) in [4.78, 5) is 0. The fourth-order valence-corrected chi connectivity index (χ4v) is 2.94. The fourth-order valence-electron chi connectivity index (χ4n) is 0.980. The Bertz CT molecular complexity index is 114. The summed E-state index contributed by atoms with van der Waals surface area (Å²) in [6.07, 6.45) is 0. The van der Waals surface area contributed by atoms with E-state index in [1.165, 1.54) is 0 Å². The number of rotatable bonds is 3. The quantitative estimate of drug-likeness (QED) is 0.525. The Morgan fingerprint density at radius 1 is 0.857 bits per heavy atom. The average Bonchev–Trinajstić information content (AvgIpc) is 1.80. The van der Waals surface area contributed by atoms with Crippen LogP contribution in [0.15, 0.2) is 0 Å². The molecule has 0 aliphatic rings. The summed E-state index contributed by atoms with van der Waals surface area (Å²) in [6, 6.07) is -2.36. The van der Waals surface area contributed by atoms with Crippen LogP contribution in [0.25, 0.3) is 0 Å². The van der Waals surface area contributed by atoms with Crippen molar-refractivity contribution in [3.8, 4) is 0 Å². The Labute approximate surface area is 92.2 Å². The van der Waals surface area contributed by atoms with Crippen molar-refractivity contribution in [3.05, 3.63) is 0 Å². The summed E-state index contributed by atoms with van der Waals surface area (Å²) >= 11 is 0.120. The van der Waals surface area contributed by atoms with E-state index in [1.54, 1.807) is 0 Å². The van der Waals surface area contributed by atoms with E-state index in [1.807, 2.05) is 10.2 Å². The molecule has 7 heteroatoms. The monoisotopic (exact) mass is 243 g/mol. The summed E-state index contributed by atoms with van der Waals surface area (Å²) < 4.78 is 27.1. The van der Waals surface area contributed by atoms with Crippen LogP contribution in [0, 0.1) is 0 Å². The van der Waals surface area contributed by atoms with Crippen molar-refractivity contribution in [1.82, 2.24) is 12.9 Å². The van der Waals surface area contributed by atoms with E-state index in [0.29, 0.717) is 0 Å². The second-order valence-electron chi connectivity index (χ2n) is 2.98. The topological polar surface area (TPSA) is 9.72 Å². The molecule has 14 heavy (non-hydrogen) atoms. The Hall–Kier alpha value is 0.307. The molecule has 0 saturated carbocycles. The van der Waals surface area contributed by atoms with Gasteiger partial charge >= 0.3 is 25.1 Å². The van der Waals surface area contributed by atoms with E-state index in [-0.39, 0.29) is 11.5 Å². The molecule has 0 aromatic heterocycles. The van der Waals surface area contributed by atoms with Crippen molar-refractivity contribution in [2.75, 3.05) is 42.3 Å². The van der Waals surface area contributed by atoms with Crippen molar-refractivity contribution in [3.63, 3.8) is 0 Å². The zero-order valence-electron chi connectivity index (χ0n) is 9.58. The molecule has 0 aromatic rings. The van der Waals surface area contributed by atoms with Crippen LogP contribution >= 0.6 is 0 Å². The van der Waals surface area contributed by atoms with E-state index in [2.05, 4.69) is 55.2 Å². The molecule has 0 radical (unpaired) electrons. The minimum atomic E-state index is -2.36. The van der Waals surface area contributed by atoms with Gasteiger partial charge in [0.05, 0.1) is 0 Å². The Morgan fingerprint density at radius 2 is 1.00 bits per heavy atom. The van der Waals surface area contributed by atoms with Gasteiger partial charge in [-0.2, -0.15) is 0 Å². The molecule has 0 unspecified atom stereocenters. The van der Waals surface area contributed by atoms with Crippen LogP contribution in [0.3, 0.4) is 0 Å². The summed E-state index contributed by atoms with van der Waals surface area (Å²) in [7, 11) is 14.5. The van der Waals surface area contributed by atoms with E-state index in [0.717, 1.165) is 0 Å². The van der Waals surface area contributed by atoms with Crippen LogP contribution in [-0.2, 0) is 11.5 Å². The summed E-state index contributed by atoms with van der Waals surface area (Å²) in [5.74, 6) is 0. The molecule has 0 aliphatic carbocycles. The first-order chi connectivity index (χ1) is 6.20. The first kappa shape index (κ1) is 16.7. The van der Waals surface area contributed by atoms with Gasteiger partial charge in [0.1, 0.15) is 0 Å². The molecule has 0 N–H and O–H groups in total. The maximum atomic E-state index is 10.2. The van der Waals surface area contributed by atoms with Crippen LogP contribution in [0.1, 0.15) is 0 Å². The van der Waals surface area contributed by atoms with Gasteiger partial charge in [-0.3, -0.25) is 0 Å². The molecule has 0 aliphatic heterocycles. The van der Waals surface area contributed by atoms with Crippen LogP contribution in [0.2, 0.25) is 0 Å². The van der Waals surface area contributed by atoms with Gasteiger partial charge in [-0.1, -0.05) is 12.9 Å². The predicted molar refractivity (Wildman–Crippen MR) is 60.2 cm³/mol. The normalized spacial score (nSPS) is 11.6. The van der Waals surface area contributed by atoms with Crippen molar-refractivity contribution in [1.29, 1.82) is 0 Å². The summed E-state index contributed by atoms with van der Waals surface area (Å²) in [5.41, 5.74) is 0. The molecular formula is C7H19F2N3SSi+4. The van der Waals surface area contributed by atoms with Crippen LogP contribution in [0.4, 0.5) is 8.78 Å². The first-order valence-electron chi connectivity index (χ1n) is 3.96. The Morgan fingerprint density at radius 3 is 1.00 bits per heavy atom. The molecule has 0 aromatic carbocycles. The molecule has 0 bridgehead atoms. The predicted octanol–water partition coefficient (Wildman–Crippen LogP) is 0.412. The van der Waals surface area contributed by atoms with Gasteiger partial charge in [-0.15, -0.1) is 0 Å². The number of hydrogen-bond donors (Lipinski definition) is 0. The Kier molecular flexibility index (Phi) is 10.3. The fraction of sp³-hybridized carbons (Fsp3) is 1.00. The van der Waals surface area contributed by atoms with Crippen LogP contribution in [-0.4, -0.2) is 71.5 Å². The molecule has 82 valence electrons. The standard InChI is InChI=1S/C6H18N3S.CHF2Si/c1-7(2)10(8(3)4)9(5)6;2-1(3)4/h1-6H3;1H/q+1;+3. The Balaban J connectivity index is 0. The number of alkyl halides is 2. The molecule has 0 fully saturated rings. The molecule has 3 nitrogen and oxygen atoms in total. The van der Waals surface area contributed by atoms with Gasteiger partial charge in [0.15, 0.2) is 0 Å². The third-order valence-electron chi connectivity index (χ3n) is 0.980. The third kappa shape index (κ3) is 10.4. The van der Waals surface area contributed by atoms with Gasteiger partial charge in [0.2, 0.25) is 0 Å². The van der Waals surface area contributed by atoms with Gasteiger partial charge < -0.3 is 0 Å². The molecule has 0 atom stereocenters. The van der Waals surface area contributed by atoms with Crippen molar-refractivity contribution < 1.29 is 8.78 Å². The molecule has 0 spiro atoms. The van der Waals surface area contributed by atoms with Gasteiger partial charge in [0, 0.05) is 42.3 Å². The van der Waals surface area contributed by atoms with E-state index in [4.69, 9.17) is 0 Å². The first-order valence-corrected chi connectivity index (χ1v) is 5.63. The van der Waals surface area contributed by atoms with E-state index < -0.39 is 6.05 Å². The van der Waals surface area contributed by atoms with Gasteiger partial charge in [-0.25, -0.2) is 0 Å². The molecule has 0 saturated heterocycles. The van der Waals surface area contributed by atoms with Crippen molar-refractivity contribution in [2.45, 2.75) is 6.05 Å². The van der Waals surface area contributed by atoms with Crippen LogP contribution in [0.5, 0.6) is 0 Å². The zero-order chi connectivity index (χ0) is 11.9. The second kappa shape index (κ2) is 8.60. The number of hydrogen-bond acceptors (Lipinski definition) is 3. The maximum absolute atomic E-state index is 10.2. The number of nitrogens with zero attached hydrogens (tertiary/aromatic N) is 3. The molecule has 0 heterocycles. The van der Waals surface area contributed by atoms with Gasteiger partial charge in [-0.05, 0) is 0 Å². The second-order valence-corrected chi connectivity index (χ2v) is 6.10. The third-order valence-corrected chi connectivity index (χ3v) is 2.94. The SMILES string of the molecule is CN(C)[S+](N(C)C)N(C)C.FC(F)[Si+3]. The summed E-state index contributed by atoms with van der Waals surface area (Å²) in [6.45, 7) is 0. The van der Waals surface area contributed by atoms with Crippen molar-refractivity contribution in [2.24, 2.45) is 0 Å². The summed E-state index contributed by atoms with van der Waals surface area (Å²) in [5, 5.41) is 0. The molecule has 0 amide bonds. The van der Waals surface area contributed by atoms with E-state index >= 15 is 0 Å². The van der Waals surface area contributed by atoms with E-state index in [9.17, 15) is 8.78 Å². The molecule has 0 rings (SSSR count). The zero-order valence-corrected chi connectivity index (χ0v) is 11.4. The number of halogens is 2. The van der Waals surface area contributed by atoms with Crippen molar-refractivity contribution >= 4 is 21.7 Å². The van der Waals surface area contributed by atoms with Crippen LogP contribution < -0.4 is 0 Å². The molecular weight excluding hydrogens is 224 g/mol. The minimum absolute atomic E-state index is 0.120. The average molecular weight is 243 g/mol. The van der Waals surface area contributed by atoms with Gasteiger partial charge in [0.25, 0.3) is 11.5 Å².